The Balaban J connectivity index is 1.35. The minimum atomic E-state index is -1.39. The van der Waals surface area contributed by atoms with Crippen molar-refractivity contribution in [2.24, 2.45) is 10.8 Å². The largest absolute Gasteiger partial charge is 0.504 e. The molecule has 4 aromatic rings. The summed E-state index contributed by atoms with van der Waals surface area (Å²) in [6, 6.07) is 11.9. The Morgan fingerprint density at radius 3 is 2.18 bits per heavy atom. The van der Waals surface area contributed by atoms with Crippen LogP contribution in [-0.4, -0.2) is 34.0 Å². The van der Waals surface area contributed by atoms with Crippen LogP contribution in [0.25, 0.3) is 10.9 Å². The zero-order valence-corrected chi connectivity index (χ0v) is 21.2. The van der Waals surface area contributed by atoms with Gasteiger partial charge in [-0.15, -0.1) is 0 Å². The molecule has 0 spiro atoms. The van der Waals surface area contributed by atoms with Crippen LogP contribution in [0.1, 0.15) is 20.3 Å². The van der Waals surface area contributed by atoms with Crippen LogP contribution in [0.3, 0.4) is 0 Å². The summed E-state index contributed by atoms with van der Waals surface area (Å²) in [7, 11) is 1.39. The molecule has 0 radical (unpaired) electrons. The molecule has 0 aliphatic heterocycles. The van der Waals surface area contributed by atoms with Crippen molar-refractivity contribution >= 4 is 34.1 Å². The summed E-state index contributed by atoms with van der Waals surface area (Å²) in [5.74, 6) is -2.45. The molecule has 1 aliphatic carbocycles. The molecule has 5 rings (SSSR count). The van der Waals surface area contributed by atoms with E-state index >= 15 is 4.39 Å². The Morgan fingerprint density at radius 2 is 1.56 bits per heavy atom. The quantitative estimate of drug-likeness (QED) is 0.271. The van der Waals surface area contributed by atoms with Gasteiger partial charge in [-0.2, -0.15) is 0 Å². The number of anilines is 2. The third-order valence-electron chi connectivity index (χ3n) is 6.91. The van der Waals surface area contributed by atoms with E-state index in [0.29, 0.717) is 16.6 Å². The van der Waals surface area contributed by atoms with Gasteiger partial charge in [-0.25, -0.2) is 18.7 Å². The van der Waals surface area contributed by atoms with Crippen LogP contribution in [0.15, 0.2) is 60.9 Å². The van der Waals surface area contributed by atoms with Crippen molar-refractivity contribution in [3.8, 4) is 23.1 Å². The number of rotatable bonds is 7. The van der Waals surface area contributed by atoms with Gasteiger partial charge in [0.25, 0.3) is 0 Å². The molecule has 1 saturated carbocycles. The van der Waals surface area contributed by atoms with Gasteiger partial charge in [-0.05, 0) is 54.3 Å². The number of hydrogen-bond acceptors (Lipinski definition) is 7. The van der Waals surface area contributed by atoms with E-state index in [4.69, 9.17) is 9.47 Å². The van der Waals surface area contributed by atoms with E-state index in [1.165, 1.54) is 62.0 Å². The molecular weight excluding hydrogens is 510 g/mol. The number of nitrogens with zero attached hydrogens (tertiary/aromatic N) is 2. The van der Waals surface area contributed by atoms with E-state index in [2.05, 4.69) is 20.6 Å². The normalized spacial score (nSPS) is 17.4. The molecule has 1 unspecified atom stereocenters. The highest BCUT2D eigenvalue weighted by molar-refractivity contribution is 6.18. The maximum atomic E-state index is 15.0. The lowest BCUT2D eigenvalue weighted by Crippen LogP contribution is -2.39. The summed E-state index contributed by atoms with van der Waals surface area (Å²) in [6.07, 6.45) is 1.49. The lowest BCUT2D eigenvalue weighted by atomic mass is 9.93. The van der Waals surface area contributed by atoms with Gasteiger partial charge in [-0.1, -0.05) is 13.8 Å². The van der Waals surface area contributed by atoms with Gasteiger partial charge in [0.05, 0.1) is 18.0 Å². The topological polar surface area (TPSA) is 123 Å². The highest BCUT2D eigenvalue weighted by atomic mass is 19.1. The van der Waals surface area contributed by atoms with Crippen molar-refractivity contribution in [1.82, 2.24) is 9.97 Å². The van der Waals surface area contributed by atoms with Crippen LogP contribution < -0.4 is 20.1 Å². The highest BCUT2D eigenvalue weighted by Crippen LogP contribution is 2.64. The molecule has 9 nitrogen and oxygen atoms in total. The number of carbonyl (C=O) groups excluding carboxylic acids is 2. The maximum Gasteiger partial charge on any atom is 0.240 e. The van der Waals surface area contributed by atoms with E-state index in [1.807, 2.05) is 0 Å². The molecule has 11 heteroatoms. The number of phenols is 1. The number of nitrogens with one attached hydrogen (secondary N) is 2. The summed E-state index contributed by atoms with van der Waals surface area (Å²) in [4.78, 5) is 34.6. The second-order valence-electron chi connectivity index (χ2n) is 9.85. The SMILES string of the molecule is COc1cc2c(Oc3ccc(NC(=O)C4(C(=O)Nc5ccc(F)cc5)CC4(C)C)cc3F)ncnc2cc1O. The molecule has 3 aromatic carbocycles. The number of methoxy groups -OCH3 is 1. The number of ether oxygens (including phenoxy) is 2. The molecule has 1 fully saturated rings. The average Bonchev–Trinajstić information content (AvgIpc) is 3.50. The second kappa shape index (κ2) is 9.50. The summed E-state index contributed by atoms with van der Waals surface area (Å²) >= 11 is 0. The lowest BCUT2D eigenvalue weighted by molar-refractivity contribution is -0.132. The van der Waals surface area contributed by atoms with Gasteiger partial charge in [-0.3, -0.25) is 9.59 Å². The lowest BCUT2D eigenvalue weighted by Gasteiger charge is -2.20. The van der Waals surface area contributed by atoms with Crippen molar-refractivity contribution in [2.45, 2.75) is 20.3 Å². The van der Waals surface area contributed by atoms with E-state index < -0.39 is 34.3 Å². The molecule has 200 valence electrons. The second-order valence-corrected chi connectivity index (χ2v) is 9.85. The van der Waals surface area contributed by atoms with Crippen LogP contribution in [0.5, 0.6) is 23.1 Å². The van der Waals surface area contributed by atoms with E-state index in [0.717, 1.165) is 6.07 Å². The first-order chi connectivity index (χ1) is 18.5. The van der Waals surface area contributed by atoms with Crippen LogP contribution in [0.4, 0.5) is 20.2 Å². The van der Waals surface area contributed by atoms with Crippen molar-refractivity contribution in [3.63, 3.8) is 0 Å². The van der Waals surface area contributed by atoms with Crippen LogP contribution in [-0.2, 0) is 9.59 Å². The fourth-order valence-corrected chi connectivity index (χ4v) is 4.56. The van der Waals surface area contributed by atoms with Gasteiger partial charge in [0.15, 0.2) is 23.1 Å². The summed E-state index contributed by atoms with van der Waals surface area (Å²) < 4.78 is 39.1. The predicted octanol–water partition coefficient (Wildman–Crippen LogP) is 5.41. The molecule has 1 heterocycles. The van der Waals surface area contributed by atoms with Crippen molar-refractivity contribution in [2.75, 3.05) is 17.7 Å². The Labute approximate surface area is 221 Å². The van der Waals surface area contributed by atoms with Gasteiger partial charge in [0, 0.05) is 23.5 Å². The van der Waals surface area contributed by atoms with E-state index in [-0.39, 0.29) is 35.2 Å². The number of hydrogen-bond donors (Lipinski definition) is 3. The fraction of sp³-hybridized carbons (Fsp3) is 0.214. The van der Waals surface area contributed by atoms with Crippen LogP contribution in [0, 0.1) is 22.5 Å². The first kappa shape index (κ1) is 25.8. The number of fused-ring (bicyclic) bond motifs is 1. The monoisotopic (exact) mass is 534 g/mol. The Bertz CT molecular complexity index is 1610. The minimum Gasteiger partial charge on any atom is -0.504 e. The maximum absolute atomic E-state index is 15.0. The number of amides is 2. The van der Waals surface area contributed by atoms with Crippen LogP contribution in [0.2, 0.25) is 0 Å². The number of halogens is 2. The molecule has 0 saturated heterocycles. The number of aromatic hydroxyl groups is 1. The van der Waals surface area contributed by atoms with E-state index in [9.17, 15) is 19.1 Å². The zero-order valence-electron chi connectivity index (χ0n) is 21.2. The Kier molecular flexibility index (Phi) is 6.29. The van der Waals surface area contributed by atoms with Crippen molar-refractivity contribution in [1.29, 1.82) is 0 Å². The first-order valence-electron chi connectivity index (χ1n) is 11.9. The number of benzene rings is 3. The zero-order chi connectivity index (χ0) is 27.9. The summed E-state index contributed by atoms with van der Waals surface area (Å²) in [5.41, 5.74) is -1.20. The molecule has 2 amide bonds. The van der Waals surface area contributed by atoms with Gasteiger partial charge < -0.3 is 25.2 Å². The molecule has 1 atom stereocenters. The molecule has 3 N–H and O–H groups in total. The van der Waals surface area contributed by atoms with Crippen molar-refractivity contribution in [3.05, 3.63) is 72.6 Å². The summed E-state index contributed by atoms with van der Waals surface area (Å²) in [6.45, 7) is 3.57. The minimum absolute atomic E-state index is 0.0325. The van der Waals surface area contributed by atoms with Gasteiger partial charge >= 0.3 is 0 Å². The molecule has 1 aliphatic rings. The smallest absolute Gasteiger partial charge is 0.240 e. The predicted molar refractivity (Wildman–Crippen MR) is 139 cm³/mol. The molecule has 0 bridgehead atoms. The number of phenolic OH excluding ortho intramolecular Hbond substituents is 1. The first-order valence-corrected chi connectivity index (χ1v) is 11.9. The summed E-state index contributed by atoms with van der Waals surface area (Å²) in [5, 5.41) is 15.7. The van der Waals surface area contributed by atoms with Crippen molar-refractivity contribution < 1.29 is 33.0 Å². The Morgan fingerprint density at radius 1 is 0.923 bits per heavy atom. The van der Waals surface area contributed by atoms with E-state index in [1.54, 1.807) is 13.8 Å². The highest BCUT2D eigenvalue weighted by Gasteiger charge is 2.71. The standard InChI is InChI=1S/C28H24F2N4O5/c1-27(2)13-28(27,25(36)33-16-6-4-15(29)5-7-16)26(37)34-17-8-9-22(19(30)10-17)39-24-18-11-23(38-3)21(35)12-20(18)31-14-32-24/h4-12,14,35H,13H2,1-3H3,(H,33,36)(H,34,37). The Hall–Kier alpha value is -4.80. The third-order valence-corrected chi connectivity index (χ3v) is 6.91. The molecular formula is C28H24F2N4O5. The van der Waals surface area contributed by atoms with Gasteiger partial charge in [0.2, 0.25) is 17.7 Å². The van der Waals surface area contributed by atoms with Crippen LogP contribution >= 0.6 is 0 Å². The fourth-order valence-electron chi connectivity index (χ4n) is 4.56. The number of aromatic nitrogens is 2. The third kappa shape index (κ3) is 4.67. The average molecular weight is 535 g/mol. The molecule has 1 aromatic heterocycles. The molecule has 39 heavy (non-hydrogen) atoms. The van der Waals surface area contributed by atoms with Gasteiger partial charge in [0.1, 0.15) is 17.6 Å². The number of carbonyl (C=O) groups is 2.